The van der Waals surface area contributed by atoms with Gasteiger partial charge in [-0.15, -0.1) is 11.6 Å². The second-order valence-electron chi connectivity index (χ2n) is 3.60. The van der Waals surface area contributed by atoms with Gasteiger partial charge in [-0.3, -0.25) is 0 Å². The largest absolute Gasteiger partial charge is 0.481 e. The number of anilines is 1. The number of halogens is 1. The van der Waals surface area contributed by atoms with Crippen molar-refractivity contribution in [3.05, 3.63) is 11.8 Å². The maximum absolute atomic E-state index is 6.02. The van der Waals surface area contributed by atoms with Gasteiger partial charge < -0.3 is 10.1 Å². The second kappa shape index (κ2) is 6.53. The molecule has 0 spiro atoms. The molecule has 0 aromatic carbocycles. The van der Waals surface area contributed by atoms with Gasteiger partial charge in [0.15, 0.2) is 0 Å². The van der Waals surface area contributed by atoms with Crippen LogP contribution in [0.1, 0.15) is 25.5 Å². The molecule has 0 amide bonds. The smallest absolute Gasteiger partial charge is 0.226 e. The van der Waals surface area contributed by atoms with Crippen molar-refractivity contribution in [2.24, 2.45) is 0 Å². The van der Waals surface area contributed by atoms with Crippen LogP contribution in [0.25, 0.3) is 0 Å². The maximum Gasteiger partial charge on any atom is 0.226 e. The van der Waals surface area contributed by atoms with Crippen molar-refractivity contribution >= 4 is 17.5 Å². The van der Waals surface area contributed by atoms with Crippen molar-refractivity contribution in [3.8, 4) is 5.88 Å². The molecule has 0 fully saturated rings. The molecule has 0 radical (unpaired) electrons. The number of methoxy groups -OCH3 is 1. The van der Waals surface area contributed by atoms with E-state index < -0.39 is 0 Å². The standard InChI is InChI=1S/C11H18ClN3O/c1-4-9(12)5-6-13-11-14-8(2)7-10(15-11)16-3/h7,9H,4-6H2,1-3H3,(H,13,14,15). The fraction of sp³-hybridized carbons (Fsp3) is 0.636. The summed E-state index contributed by atoms with van der Waals surface area (Å²) < 4.78 is 5.07. The third-order valence-electron chi connectivity index (χ3n) is 2.22. The Bertz CT molecular complexity index is 333. The Labute approximate surface area is 101 Å². The summed E-state index contributed by atoms with van der Waals surface area (Å²) in [7, 11) is 1.59. The molecule has 4 nitrogen and oxygen atoms in total. The SMILES string of the molecule is CCC(Cl)CCNc1nc(C)cc(OC)n1. The molecule has 1 atom stereocenters. The van der Waals surface area contributed by atoms with E-state index in [0.29, 0.717) is 11.8 Å². The van der Waals surface area contributed by atoms with Gasteiger partial charge in [-0.1, -0.05) is 6.92 Å². The van der Waals surface area contributed by atoms with Crippen molar-refractivity contribution < 1.29 is 4.74 Å². The molecule has 5 heteroatoms. The molecule has 0 saturated heterocycles. The van der Waals surface area contributed by atoms with E-state index in [2.05, 4.69) is 22.2 Å². The molecule has 16 heavy (non-hydrogen) atoms. The van der Waals surface area contributed by atoms with Gasteiger partial charge in [-0.2, -0.15) is 4.98 Å². The van der Waals surface area contributed by atoms with Crippen LogP contribution in [0.15, 0.2) is 6.07 Å². The van der Waals surface area contributed by atoms with Crippen LogP contribution in [0.4, 0.5) is 5.95 Å². The highest BCUT2D eigenvalue weighted by Gasteiger charge is 2.04. The average molecular weight is 244 g/mol. The molecule has 0 aliphatic heterocycles. The van der Waals surface area contributed by atoms with E-state index in [9.17, 15) is 0 Å². The number of nitrogens with one attached hydrogen (secondary N) is 1. The van der Waals surface area contributed by atoms with Crippen molar-refractivity contribution in [3.63, 3.8) is 0 Å². The van der Waals surface area contributed by atoms with Crippen LogP contribution in [0.3, 0.4) is 0 Å². The summed E-state index contributed by atoms with van der Waals surface area (Å²) in [4.78, 5) is 8.45. The highest BCUT2D eigenvalue weighted by atomic mass is 35.5. The second-order valence-corrected chi connectivity index (χ2v) is 4.21. The van der Waals surface area contributed by atoms with E-state index in [4.69, 9.17) is 16.3 Å². The summed E-state index contributed by atoms with van der Waals surface area (Å²) in [5.74, 6) is 1.17. The maximum atomic E-state index is 6.02. The predicted molar refractivity (Wildman–Crippen MR) is 66.4 cm³/mol. The van der Waals surface area contributed by atoms with E-state index in [1.54, 1.807) is 13.2 Å². The van der Waals surface area contributed by atoms with Gasteiger partial charge in [-0.05, 0) is 19.8 Å². The van der Waals surface area contributed by atoms with Crippen LogP contribution >= 0.6 is 11.6 Å². The fourth-order valence-electron chi connectivity index (χ4n) is 1.27. The normalized spacial score (nSPS) is 12.2. The van der Waals surface area contributed by atoms with E-state index in [-0.39, 0.29) is 5.38 Å². The fourth-order valence-corrected chi connectivity index (χ4v) is 1.38. The lowest BCUT2D eigenvalue weighted by Crippen LogP contribution is -2.11. The summed E-state index contributed by atoms with van der Waals surface area (Å²) in [5, 5.41) is 3.35. The molecular formula is C11H18ClN3O. The molecule has 0 bridgehead atoms. The number of aryl methyl sites for hydroxylation is 1. The number of hydrogen-bond donors (Lipinski definition) is 1. The van der Waals surface area contributed by atoms with E-state index >= 15 is 0 Å². The summed E-state index contributed by atoms with van der Waals surface area (Å²) in [5.41, 5.74) is 0.882. The molecule has 1 aromatic heterocycles. The molecule has 1 aromatic rings. The Morgan fingerprint density at radius 1 is 1.50 bits per heavy atom. The molecule has 1 heterocycles. The number of ether oxygens (including phenoxy) is 1. The molecule has 0 aliphatic rings. The number of aromatic nitrogens is 2. The average Bonchev–Trinajstić information content (AvgIpc) is 2.28. The highest BCUT2D eigenvalue weighted by molar-refractivity contribution is 6.20. The first kappa shape index (κ1) is 13.0. The Kier molecular flexibility index (Phi) is 5.32. The zero-order valence-electron chi connectivity index (χ0n) is 9.96. The molecule has 1 N–H and O–H groups in total. The first-order valence-electron chi connectivity index (χ1n) is 5.43. The topological polar surface area (TPSA) is 47.0 Å². The zero-order valence-corrected chi connectivity index (χ0v) is 10.7. The summed E-state index contributed by atoms with van der Waals surface area (Å²) in [6.07, 6.45) is 1.87. The highest BCUT2D eigenvalue weighted by Crippen LogP contribution is 2.12. The summed E-state index contributed by atoms with van der Waals surface area (Å²) >= 11 is 6.02. The predicted octanol–water partition coefficient (Wildman–Crippen LogP) is 2.61. The van der Waals surface area contributed by atoms with Gasteiger partial charge in [0, 0.05) is 23.7 Å². The van der Waals surface area contributed by atoms with Crippen LogP contribution in [0, 0.1) is 6.92 Å². The summed E-state index contributed by atoms with van der Waals surface area (Å²) in [6, 6.07) is 1.79. The van der Waals surface area contributed by atoms with Crippen molar-refractivity contribution in [2.45, 2.75) is 32.1 Å². The van der Waals surface area contributed by atoms with Gasteiger partial charge in [0.05, 0.1) is 7.11 Å². The quantitative estimate of drug-likeness (QED) is 0.781. The molecule has 0 aliphatic carbocycles. The third kappa shape index (κ3) is 4.23. The van der Waals surface area contributed by atoms with Crippen molar-refractivity contribution in [1.29, 1.82) is 0 Å². The van der Waals surface area contributed by atoms with Crippen LogP contribution in [-0.4, -0.2) is 29.0 Å². The minimum absolute atomic E-state index is 0.208. The lowest BCUT2D eigenvalue weighted by atomic mass is 10.2. The number of rotatable bonds is 6. The Balaban J connectivity index is 2.50. The Morgan fingerprint density at radius 3 is 2.88 bits per heavy atom. The van der Waals surface area contributed by atoms with Crippen molar-refractivity contribution in [2.75, 3.05) is 19.0 Å². The molecule has 0 saturated carbocycles. The minimum atomic E-state index is 0.208. The van der Waals surface area contributed by atoms with Gasteiger partial charge in [0.1, 0.15) is 0 Å². The number of nitrogens with zero attached hydrogens (tertiary/aromatic N) is 2. The zero-order chi connectivity index (χ0) is 12.0. The Morgan fingerprint density at radius 2 is 2.25 bits per heavy atom. The Hall–Kier alpha value is -1.03. The number of alkyl halides is 1. The monoisotopic (exact) mass is 243 g/mol. The van der Waals surface area contributed by atoms with Crippen molar-refractivity contribution in [1.82, 2.24) is 9.97 Å². The number of hydrogen-bond acceptors (Lipinski definition) is 4. The first-order valence-corrected chi connectivity index (χ1v) is 5.87. The van der Waals surface area contributed by atoms with Gasteiger partial charge in [0.25, 0.3) is 0 Å². The molecule has 90 valence electrons. The van der Waals surface area contributed by atoms with Crippen LogP contribution in [0.5, 0.6) is 5.88 Å². The molecule has 1 unspecified atom stereocenters. The van der Waals surface area contributed by atoms with E-state index in [0.717, 1.165) is 25.1 Å². The summed E-state index contributed by atoms with van der Waals surface area (Å²) in [6.45, 7) is 4.75. The van der Waals surface area contributed by atoms with Gasteiger partial charge in [0.2, 0.25) is 11.8 Å². The van der Waals surface area contributed by atoms with Gasteiger partial charge >= 0.3 is 0 Å². The van der Waals surface area contributed by atoms with Gasteiger partial charge in [-0.25, -0.2) is 4.98 Å². The lowest BCUT2D eigenvalue weighted by molar-refractivity contribution is 0.397. The van der Waals surface area contributed by atoms with Crippen LogP contribution in [-0.2, 0) is 0 Å². The van der Waals surface area contributed by atoms with E-state index in [1.807, 2.05) is 6.92 Å². The molecular weight excluding hydrogens is 226 g/mol. The van der Waals surface area contributed by atoms with Crippen LogP contribution < -0.4 is 10.1 Å². The lowest BCUT2D eigenvalue weighted by Gasteiger charge is -2.09. The van der Waals surface area contributed by atoms with Crippen LogP contribution in [0.2, 0.25) is 0 Å². The minimum Gasteiger partial charge on any atom is -0.481 e. The van der Waals surface area contributed by atoms with E-state index in [1.165, 1.54) is 0 Å². The molecule has 1 rings (SSSR count). The first-order chi connectivity index (χ1) is 7.65. The third-order valence-corrected chi connectivity index (χ3v) is 2.75.